The number of aromatic nitrogens is 1. The fraction of sp³-hybridized carbons (Fsp3) is 0.615. The van der Waals surface area contributed by atoms with Crippen molar-refractivity contribution in [3.8, 4) is 0 Å². The van der Waals surface area contributed by atoms with Gasteiger partial charge in [0.1, 0.15) is 0 Å². The lowest BCUT2D eigenvalue weighted by Crippen LogP contribution is -2.46. The first kappa shape index (κ1) is 13.8. The van der Waals surface area contributed by atoms with E-state index in [1.807, 2.05) is 19.9 Å². The van der Waals surface area contributed by atoms with Crippen molar-refractivity contribution in [1.82, 2.24) is 9.88 Å². The van der Waals surface area contributed by atoms with Crippen molar-refractivity contribution >= 4 is 5.91 Å². The van der Waals surface area contributed by atoms with Gasteiger partial charge in [0.25, 0.3) is 5.91 Å². The highest BCUT2D eigenvalue weighted by molar-refractivity contribution is 5.96. The fourth-order valence-electron chi connectivity index (χ4n) is 1.93. The maximum atomic E-state index is 12.1. The first-order valence-corrected chi connectivity index (χ1v) is 5.92. The Morgan fingerprint density at radius 2 is 2.06 bits per heavy atom. The van der Waals surface area contributed by atoms with Gasteiger partial charge in [-0.05, 0) is 40.7 Å². The number of aliphatic hydroxyl groups is 1. The molecule has 4 nitrogen and oxygen atoms in total. The maximum Gasteiger partial charge on any atom is 0.253 e. The Hall–Kier alpha value is -1.29. The predicted octanol–water partition coefficient (Wildman–Crippen LogP) is 1.63. The van der Waals surface area contributed by atoms with Crippen molar-refractivity contribution < 1.29 is 9.90 Å². The zero-order valence-corrected chi connectivity index (χ0v) is 11.3. The maximum absolute atomic E-state index is 12.1. The van der Waals surface area contributed by atoms with Crippen molar-refractivity contribution in [3.63, 3.8) is 0 Å². The van der Waals surface area contributed by atoms with Crippen molar-refractivity contribution in [2.45, 2.75) is 46.7 Å². The lowest BCUT2D eigenvalue weighted by Gasteiger charge is -2.23. The second-order valence-corrected chi connectivity index (χ2v) is 5.03. The SMILES string of the molecule is CCn1c(C)cc(C(=O)NC(C)(C)CO)c1C. The summed E-state index contributed by atoms with van der Waals surface area (Å²) in [6.07, 6.45) is 0. The van der Waals surface area contributed by atoms with Crippen molar-refractivity contribution in [3.05, 3.63) is 23.0 Å². The molecule has 1 heterocycles. The van der Waals surface area contributed by atoms with Crippen LogP contribution in [-0.4, -0.2) is 27.7 Å². The van der Waals surface area contributed by atoms with E-state index < -0.39 is 5.54 Å². The van der Waals surface area contributed by atoms with Gasteiger partial charge in [-0.25, -0.2) is 0 Å². The van der Waals surface area contributed by atoms with Crippen LogP contribution in [0.5, 0.6) is 0 Å². The molecule has 0 saturated heterocycles. The standard InChI is InChI=1S/C13H22N2O2/c1-6-15-9(2)7-11(10(15)3)12(17)14-13(4,5)8-16/h7,16H,6,8H2,1-5H3,(H,14,17). The van der Waals surface area contributed by atoms with Gasteiger partial charge < -0.3 is 15.0 Å². The third-order valence-corrected chi connectivity index (χ3v) is 2.98. The normalized spacial score (nSPS) is 11.6. The zero-order chi connectivity index (χ0) is 13.2. The number of carbonyl (C=O) groups excluding carboxylic acids is 1. The number of nitrogens with zero attached hydrogens (tertiary/aromatic N) is 1. The Morgan fingerprint density at radius 3 is 2.47 bits per heavy atom. The van der Waals surface area contributed by atoms with Gasteiger partial charge in [-0.15, -0.1) is 0 Å². The summed E-state index contributed by atoms with van der Waals surface area (Å²) in [5, 5.41) is 12.0. The average Bonchev–Trinajstić information content (AvgIpc) is 2.53. The molecule has 0 bridgehead atoms. The van der Waals surface area contributed by atoms with Crippen LogP contribution in [0.1, 0.15) is 42.5 Å². The third kappa shape index (κ3) is 2.88. The molecule has 1 rings (SSSR count). The lowest BCUT2D eigenvalue weighted by molar-refractivity contribution is 0.0868. The molecule has 4 heteroatoms. The molecule has 2 N–H and O–H groups in total. The van der Waals surface area contributed by atoms with E-state index in [1.54, 1.807) is 13.8 Å². The number of aliphatic hydroxyl groups excluding tert-OH is 1. The Morgan fingerprint density at radius 1 is 1.47 bits per heavy atom. The minimum Gasteiger partial charge on any atom is -0.394 e. The van der Waals surface area contributed by atoms with E-state index >= 15 is 0 Å². The second-order valence-electron chi connectivity index (χ2n) is 5.03. The van der Waals surface area contributed by atoms with Crippen LogP contribution in [-0.2, 0) is 6.54 Å². The molecule has 0 fully saturated rings. The molecule has 17 heavy (non-hydrogen) atoms. The van der Waals surface area contributed by atoms with Gasteiger partial charge in [-0.1, -0.05) is 0 Å². The van der Waals surface area contributed by atoms with Crippen molar-refractivity contribution in [1.29, 1.82) is 0 Å². The molecule has 0 aromatic carbocycles. The number of hydrogen-bond donors (Lipinski definition) is 2. The van der Waals surface area contributed by atoms with E-state index in [9.17, 15) is 4.79 Å². The first-order chi connectivity index (χ1) is 7.82. The summed E-state index contributed by atoms with van der Waals surface area (Å²) in [7, 11) is 0. The van der Waals surface area contributed by atoms with Crippen LogP contribution >= 0.6 is 0 Å². The van der Waals surface area contributed by atoms with Crippen LogP contribution < -0.4 is 5.32 Å². The minimum atomic E-state index is -0.592. The van der Waals surface area contributed by atoms with Crippen LogP contribution in [0.2, 0.25) is 0 Å². The lowest BCUT2D eigenvalue weighted by atomic mass is 10.1. The molecule has 0 aliphatic rings. The number of carbonyl (C=O) groups is 1. The van der Waals surface area contributed by atoms with Gasteiger partial charge in [-0.2, -0.15) is 0 Å². The van der Waals surface area contributed by atoms with Gasteiger partial charge in [0.2, 0.25) is 0 Å². The Labute approximate surface area is 103 Å². The summed E-state index contributed by atoms with van der Waals surface area (Å²) in [5.74, 6) is -0.128. The highest BCUT2D eigenvalue weighted by Crippen LogP contribution is 2.15. The monoisotopic (exact) mass is 238 g/mol. The van der Waals surface area contributed by atoms with Gasteiger partial charge in [0.05, 0.1) is 17.7 Å². The van der Waals surface area contributed by atoms with E-state index in [4.69, 9.17) is 5.11 Å². The Balaban J connectivity index is 2.98. The Kier molecular flexibility index (Phi) is 3.98. The molecule has 0 atom stereocenters. The molecule has 0 radical (unpaired) electrons. The van der Waals surface area contributed by atoms with Gasteiger partial charge in [-0.3, -0.25) is 4.79 Å². The van der Waals surface area contributed by atoms with Crippen molar-refractivity contribution in [2.24, 2.45) is 0 Å². The van der Waals surface area contributed by atoms with E-state index in [1.165, 1.54) is 0 Å². The number of nitrogens with one attached hydrogen (secondary N) is 1. The van der Waals surface area contributed by atoms with Gasteiger partial charge in [0, 0.05) is 17.9 Å². The summed E-state index contributed by atoms with van der Waals surface area (Å²) < 4.78 is 2.10. The van der Waals surface area contributed by atoms with E-state index in [0.29, 0.717) is 5.56 Å². The second kappa shape index (κ2) is 4.92. The molecule has 0 aliphatic heterocycles. The topological polar surface area (TPSA) is 54.3 Å². The molecule has 0 spiro atoms. The molecular weight excluding hydrogens is 216 g/mol. The average molecular weight is 238 g/mol. The molecule has 1 aromatic heterocycles. The van der Waals surface area contributed by atoms with Crippen LogP contribution in [0.3, 0.4) is 0 Å². The quantitative estimate of drug-likeness (QED) is 0.837. The minimum absolute atomic E-state index is 0.0781. The zero-order valence-electron chi connectivity index (χ0n) is 11.3. The van der Waals surface area contributed by atoms with E-state index in [-0.39, 0.29) is 12.5 Å². The number of hydrogen-bond acceptors (Lipinski definition) is 2. The highest BCUT2D eigenvalue weighted by atomic mass is 16.3. The number of aryl methyl sites for hydroxylation is 1. The molecule has 0 saturated carbocycles. The summed E-state index contributed by atoms with van der Waals surface area (Å²) in [4.78, 5) is 12.1. The molecule has 0 aliphatic carbocycles. The van der Waals surface area contributed by atoms with Crippen LogP contribution in [0, 0.1) is 13.8 Å². The van der Waals surface area contributed by atoms with Gasteiger partial charge >= 0.3 is 0 Å². The van der Waals surface area contributed by atoms with Crippen LogP contribution in [0.25, 0.3) is 0 Å². The van der Waals surface area contributed by atoms with E-state index in [0.717, 1.165) is 17.9 Å². The molecular formula is C13H22N2O2. The molecule has 96 valence electrons. The van der Waals surface area contributed by atoms with E-state index in [2.05, 4.69) is 16.8 Å². The molecule has 0 unspecified atom stereocenters. The number of amides is 1. The fourth-order valence-corrected chi connectivity index (χ4v) is 1.93. The highest BCUT2D eigenvalue weighted by Gasteiger charge is 2.22. The van der Waals surface area contributed by atoms with Crippen molar-refractivity contribution in [2.75, 3.05) is 6.61 Å². The molecule has 1 aromatic rings. The third-order valence-electron chi connectivity index (χ3n) is 2.98. The first-order valence-electron chi connectivity index (χ1n) is 5.92. The summed E-state index contributed by atoms with van der Waals surface area (Å²) in [6.45, 7) is 10.4. The van der Waals surface area contributed by atoms with Gasteiger partial charge in [0.15, 0.2) is 0 Å². The predicted molar refractivity (Wildman–Crippen MR) is 68.2 cm³/mol. The van der Waals surface area contributed by atoms with Crippen LogP contribution in [0.15, 0.2) is 6.07 Å². The number of rotatable bonds is 4. The summed E-state index contributed by atoms with van der Waals surface area (Å²) in [5.41, 5.74) is 2.14. The summed E-state index contributed by atoms with van der Waals surface area (Å²) >= 11 is 0. The summed E-state index contributed by atoms with van der Waals surface area (Å²) in [6, 6.07) is 1.89. The smallest absolute Gasteiger partial charge is 0.253 e. The van der Waals surface area contributed by atoms with Crippen LogP contribution in [0.4, 0.5) is 0 Å². The molecule has 1 amide bonds. The largest absolute Gasteiger partial charge is 0.394 e. The Bertz CT molecular complexity index is 419.